The average molecular weight is 440 g/mol. The summed E-state index contributed by atoms with van der Waals surface area (Å²) in [4.78, 5) is 25.1. The van der Waals surface area contributed by atoms with Crippen molar-refractivity contribution in [3.05, 3.63) is 101 Å². The van der Waals surface area contributed by atoms with Gasteiger partial charge < -0.3 is 15.2 Å². The lowest BCUT2D eigenvalue weighted by atomic mass is 10.1. The Balaban J connectivity index is 1.72. The van der Waals surface area contributed by atoms with Gasteiger partial charge in [0.1, 0.15) is 5.69 Å². The first-order valence-electron chi connectivity index (χ1n) is 11.3. The smallest absolute Gasteiger partial charge is 0.268 e. The van der Waals surface area contributed by atoms with Gasteiger partial charge in [0.15, 0.2) is 0 Å². The van der Waals surface area contributed by atoms with Crippen LogP contribution >= 0.6 is 0 Å². The molecule has 3 aromatic carbocycles. The van der Waals surface area contributed by atoms with E-state index in [2.05, 4.69) is 47.2 Å². The van der Waals surface area contributed by atoms with Crippen LogP contribution in [0.4, 0.5) is 5.69 Å². The Hall–Kier alpha value is -3.86. The van der Waals surface area contributed by atoms with Gasteiger partial charge in [-0.2, -0.15) is 0 Å². The van der Waals surface area contributed by atoms with Gasteiger partial charge in [0, 0.05) is 36.1 Å². The van der Waals surface area contributed by atoms with Crippen molar-refractivity contribution >= 4 is 28.4 Å². The Labute approximate surface area is 194 Å². The second-order valence-corrected chi connectivity index (χ2v) is 8.39. The van der Waals surface area contributed by atoms with E-state index in [-0.39, 0.29) is 11.8 Å². The Kier molecular flexibility index (Phi) is 6.59. The molecule has 4 aromatic rings. The number of anilines is 1. The molecule has 0 saturated heterocycles. The predicted octanol–water partition coefficient (Wildman–Crippen LogP) is 5.58. The second-order valence-electron chi connectivity index (χ2n) is 8.39. The molecule has 5 heteroatoms. The number of hydrogen-bond donors (Lipinski definition) is 2. The summed E-state index contributed by atoms with van der Waals surface area (Å²) in [6.07, 6.45) is 0.416. The fourth-order valence-electron chi connectivity index (χ4n) is 3.97. The first-order chi connectivity index (χ1) is 15.9. The number of carbonyl (C=O) groups is 2. The summed E-state index contributed by atoms with van der Waals surface area (Å²) in [5.41, 5.74) is 6.88. The van der Waals surface area contributed by atoms with Crippen LogP contribution in [0.1, 0.15) is 46.1 Å². The van der Waals surface area contributed by atoms with E-state index in [1.54, 1.807) is 0 Å². The maximum Gasteiger partial charge on any atom is 0.268 e. The van der Waals surface area contributed by atoms with Gasteiger partial charge in [0.05, 0.1) is 0 Å². The van der Waals surface area contributed by atoms with Crippen LogP contribution in [-0.2, 0) is 17.9 Å². The number of fused-ring (bicyclic) bond motifs is 1. The number of aryl methyl sites for hydroxylation is 2. The van der Waals surface area contributed by atoms with Gasteiger partial charge in [-0.1, -0.05) is 61.0 Å². The first kappa shape index (κ1) is 22.3. The molecule has 0 radical (unpaired) electrons. The van der Waals surface area contributed by atoms with Crippen LogP contribution in [0.3, 0.4) is 0 Å². The van der Waals surface area contributed by atoms with E-state index >= 15 is 0 Å². The van der Waals surface area contributed by atoms with Gasteiger partial charge >= 0.3 is 0 Å². The molecule has 0 aliphatic heterocycles. The molecule has 0 aliphatic rings. The molecular weight excluding hydrogens is 410 g/mol. The highest BCUT2D eigenvalue weighted by molar-refractivity contribution is 6.00. The zero-order valence-corrected chi connectivity index (χ0v) is 19.3. The van der Waals surface area contributed by atoms with Gasteiger partial charge in [-0.15, -0.1) is 0 Å². The minimum atomic E-state index is -0.125. The van der Waals surface area contributed by atoms with E-state index < -0.39 is 0 Å². The van der Waals surface area contributed by atoms with Gasteiger partial charge in [0.2, 0.25) is 5.91 Å². The lowest BCUT2D eigenvalue weighted by Crippen LogP contribution is -2.25. The SMILES string of the molecule is CCC(=O)Nc1ccc2c(c1)cc(C(=O)NCc1ccccc1)n2Cc1cc(C)ccc1C. The van der Waals surface area contributed by atoms with Crippen LogP contribution in [0.5, 0.6) is 0 Å². The third-order valence-corrected chi connectivity index (χ3v) is 5.87. The summed E-state index contributed by atoms with van der Waals surface area (Å²) in [5.74, 6) is -0.163. The second kappa shape index (κ2) is 9.74. The zero-order valence-electron chi connectivity index (χ0n) is 19.3. The summed E-state index contributed by atoms with van der Waals surface area (Å²) >= 11 is 0. The lowest BCUT2D eigenvalue weighted by Gasteiger charge is -2.14. The van der Waals surface area contributed by atoms with Crippen LogP contribution in [0, 0.1) is 13.8 Å². The van der Waals surface area contributed by atoms with E-state index in [1.165, 1.54) is 16.7 Å². The van der Waals surface area contributed by atoms with Crippen molar-refractivity contribution in [2.45, 2.75) is 40.3 Å². The van der Waals surface area contributed by atoms with E-state index in [0.717, 1.165) is 22.2 Å². The molecule has 0 atom stereocenters. The van der Waals surface area contributed by atoms with Crippen molar-refractivity contribution in [3.8, 4) is 0 Å². The number of nitrogens with zero attached hydrogens (tertiary/aromatic N) is 1. The molecule has 2 amide bonds. The minimum Gasteiger partial charge on any atom is -0.347 e. The normalized spacial score (nSPS) is 10.9. The number of benzene rings is 3. The molecule has 168 valence electrons. The highest BCUT2D eigenvalue weighted by Gasteiger charge is 2.17. The number of amides is 2. The van der Waals surface area contributed by atoms with Crippen molar-refractivity contribution in [2.24, 2.45) is 0 Å². The molecule has 0 saturated carbocycles. The van der Waals surface area contributed by atoms with Crippen molar-refractivity contribution < 1.29 is 9.59 Å². The average Bonchev–Trinajstić information content (AvgIpc) is 3.18. The highest BCUT2D eigenvalue weighted by Crippen LogP contribution is 2.26. The lowest BCUT2D eigenvalue weighted by molar-refractivity contribution is -0.115. The minimum absolute atomic E-state index is 0.0370. The standard InChI is InChI=1S/C28H29N3O2/c1-4-27(32)30-24-12-13-25-22(15-24)16-26(28(33)29-17-21-8-6-5-7-9-21)31(25)18-23-14-19(2)10-11-20(23)3/h5-16H,4,17-18H2,1-3H3,(H,29,33)(H,30,32). The summed E-state index contributed by atoms with van der Waals surface area (Å²) in [6.45, 7) is 7.04. The van der Waals surface area contributed by atoms with Crippen molar-refractivity contribution in [1.29, 1.82) is 0 Å². The zero-order chi connectivity index (χ0) is 23.4. The molecule has 0 spiro atoms. The van der Waals surface area contributed by atoms with Crippen molar-refractivity contribution in [1.82, 2.24) is 9.88 Å². The van der Waals surface area contributed by atoms with Crippen molar-refractivity contribution in [2.75, 3.05) is 5.32 Å². The molecule has 1 heterocycles. The number of hydrogen-bond acceptors (Lipinski definition) is 2. The molecule has 0 bridgehead atoms. The maximum absolute atomic E-state index is 13.3. The maximum atomic E-state index is 13.3. The fourth-order valence-corrected chi connectivity index (χ4v) is 3.97. The molecule has 2 N–H and O–H groups in total. The molecule has 0 fully saturated rings. The number of aromatic nitrogens is 1. The molecule has 33 heavy (non-hydrogen) atoms. The number of carbonyl (C=O) groups excluding carboxylic acids is 2. The third-order valence-electron chi connectivity index (χ3n) is 5.87. The Morgan fingerprint density at radius 1 is 0.909 bits per heavy atom. The Morgan fingerprint density at radius 2 is 1.70 bits per heavy atom. The predicted molar refractivity (Wildman–Crippen MR) is 133 cm³/mol. The molecule has 1 aromatic heterocycles. The van der Waals surface area contributed by atoms with E-state index in [0.29, 0.717) is 25.2 Å². The molecule has 0 unspecified atom stereocenters. The van der Waals surface area contributed by atoms with Crippen LogP contribution in [0.15, 0.2) is 72.8 Å². The van der Waals surface area contributed by atoms with E-state index in [4.69, 9.17) is 0 Å². The topological polar surface area (TPSA) is 63.1 Å². The van der Waals surface area contributed by atoms with E-state index in [9.17, 15) is 9.59 Å². The quantitative estimate of drug-likeness (QED) is 0.395. The number of rotatable bonds is 7. The highest BCUT2D eigenvalue weighted by atomic mass is 16.2. The van der Waals surface area contributed by atoms with Gasteiger partial charge in [-0.25, -0.2) is 0 Å². The van der Waals surface area contributed by atoms with Crippen LogP contribution in [0.25, 0.3) is 10.9 Å². The largest absolute Gasteiger partial charge is 0.347 e. The van der Waals surface area contributed by atoms with Crippen LogP contribution < -0.4 is 10.6 Å². The Morgan fingerprint density at radius 3 is 2.45 bits per heavy atom. The monoisotopic (exact) mass is 439 g/mol. The van der Waals surface area contributed by atoms with E-state index in [1.807, 2.05) is 61.5 Å². The molecule has 0 aliphatic carbocycles. The molecular formula is C28H29N3O2. The molecule has 4 rings (SSSR count). The van der Waals surface area contributed by atoms with Gasteiger partial charge in [-0.05, 0) is 54.8 Å². The van der Waals surface area contributed by atoms with Crippen LogP contribution in [0.2, 0.25) is 0 Å². The van der Waals surface area contributed by atoms with Gasteiger partial charge in [-0.3, -0.25) is 9.59 Å². The van der Waals surface area contributed by atoms with Crippen molar-refractivity contribution in [3.63, 3.8) is 0 Å². The summed E-state index contributed by atoms with van der Waals surface area (Å²) in [6, 6.07) is 24.0. The number of nitrogens with one attached hydrogen (secondary N) is 2. The van der Waals surface area contributed by atoms with Crippen LogP contribution in [-0.4, -0.2) is 16.4 Å². The Bertz CT molecular complexity index is 1310. The molecule has 5 nitrogen and oxygen atoms in total. The summed E-state index contributed by atoms with van der Waals surface area (Å²) in [5, 5.41) is 6.88. The fraction of sp³-hybridized carbons (Fsp3) is 0.214. The first-order valence-corrected chi connectivity index (χ1v) is 11.3. The van der Waals surface area contributed by atoms with Gasteiger partial charge in [0.25, 0.3) is 5.91 Å². The summed E-state index contributed by atoms with van der Waals surface area (Å²) < 4.78 is 2.06. The third kappa shape index (κ3) is 5.14. The summed E-state index contributed by atoms with van der Waals surface area (Å²) in [7, 11) is 0.